The number of primary amides is 1. The Labute approximate surface area is 82.2 Å². The summed E-state index contributed by atoms with van der Waals surface area (Å²) in [7, 11) is 0. The lowest BCUT2D eigenvalue weighted by molar-refractivity contribution is -0.136. The van der Waals surface area contributed by atoms with E-state index in [0.29, 0.717) is 6.54 Å². The number of nitrogens with zero attached hydrogens (tertiary/aromatic N) is 1. The van der Waals surface area contributed by atoms with Gasteiger partial charge in [0, 0.05) is 13.0 Å². The molecule has 0 aliphatic carbocycles. The van der Waals surface area contributed by atoms with Gasteiger partial charge in [0.15, 0.2) is 5.60 Å². The second kappa shape index (κ2) is 3.79. The number of nitrogens with two attached hydrogens (primary N) is 1. The molecule has 1 aliphatic heterocycles. The molecule has 1 unspecified atom stereocenters. The van der Waals surface area contributed by atoms with Crippen LogP contribution in [0.25, 0.3) is 0 Å². The summed E-state index contributed by atoms with van der Waals surface area (Å²) in [6.45, 7) is 2.09. The summed E-state index contributed by atoms with van der Waals surface area (Å²) in [5.41, 5.74) is 3.48. The van der Waals surface area contributed by atoms with E-state index in [-0.39, 0.29) is 18.9 Å². The number of likely N-dealkylation sites (tertiary alicyclic amines) is 1. The molecule has 0 aromatic rings. The van der Waals surface area contributed by atoms with Crippen molar-refractivity contribution in [2.24, 2.45) is 5.73 Å². The van der Waals surface area contributed by atoms with Crippen molar-refractivity contribution < 1.29 is 14.7 Å². The lowest BCUT2D eigenvalue weighted by Crippen LogP contribution is -2.46. The SMILES string of the molecule is C/C=C/C(=O)N1CCC(O)(C(N)=O)C1. The molecule has 78 valence electrons. The quantitative estimate of drug-likeness (QED) is 0.559. The molecule has 14 heavy (non-hydrogen) atoms. The molecule has 1 rings (SSSR count). The van der Waals surface area contributed by atoms with Crippen molar-refractivity contribution in [2.75, 3.05) is 13.1 Å². The molecule has 0 aromatic heterocycles. The Morgan fingerprint density at radius 1 is 1.57 bits per heavy atom. The number of rotatable bonds is 2. The van der Waals surface area contributed by atoms with E-state index in [1.165, 1.54) is 11.0 Å². The minimum atomic E-state index is -1.54. The highest BCUT2D eigenvalue weighted by Crippen LogP contribution is 2.20. The van der Waals surface area contributed by atoms with Gasteiger partial charge < -0.3 is 15.7 Å². The first kappa shape index (κ1) is 10.7. The number of carbonyl (C=O) groups is 2. The smallest absolute Gasteiger partial charge is 0.251 e. The van der Waals surface area contributed by atoms with E-state index in [1.54, 1.807) is 13.0 Å². The maximum Gasteiger partial charge on any atom is 0.251 e. The Balaban J connectivity index is 2.65. The average Bonchev–Trinajstić information content (AvgIpc) is 2.50. The first-order valence-electron chi connectivity index (χ1n) is 4.43. The fourth-order valence-corrected chi connectivity index (χ4v) is 1.43. The van der Waals surface area contributed by atoms with Gasteiger partial charge in [0.2, 0.25) is 5.91 Å². The predicted molar refractivity (Wildman–Crippen MR) is 50.2 cm³/mol. The number of β-amino-alcohol motifs (C(OH)–C–C–N with tert-alkyl or cyclic N) is 1. The van der Waals surface area contributed by atoms with E-state index in [9.17, 15) is 14.7 Å². The fraction of sp³-hybridized carbons (Fsp3) is 0.556. The molecule has 1 atom stereocenters. The molecule has 0 bridgehead atoms. The summed E-state index contributed by atoms with van der Waals surface area (Å²) in [5, 5.41) is 9.66. The number of hydrogen-bond donors (Lipinski definition) is 2. The van der Waals surface area contributed by atoms with E-state index < -0.39 is 11.5 Å². The van der Waals surface area contributed by atoms with Crippen molar-refractivity contribution in [3.8, 4) is 0 Å². The Kier molecular flexibility index (Phi) is 2.90. The second-order valence-electron chi connectivity index (χ2n) is 3.41. The molecule has 1 fully saturated rings. The highest BCUT2D eigenvalue weighted by atomic mass is 16.3. The molecule has 0 saturated carbocycles. The Bertz CT molecular complexity index is 288. The van der Waals surface area contributed by atoms with E-state index in [0.717, 1.165) is 0 Å². The summed E-state index contributed by atoms with van der Waals surface area (Å²) in [6, 6.07) is 0. The van der Waals surface area contributed by atoms with Crippen LogP contribution in [-0.4, -0.2) is 40.5 Å². The number of aliphatic hydroxyl groups is 1. The largest absolute Gasteiger partial charge is 0.378 e. The van der Waals surface area contributed by atoms with Gasteiger partial charge in [-0.2, -0.15) is 0 Å². The van der Waals surface area contributed by atoms with Crippen LogP contribution in [0.1, 0.15) is 13.3 Å². The number of amides is 2. The zero-order valence-electron chi connectivity index (χ0n) is 8.06. The van der Waals surface area contributed by atoms with Crippen molar-refractivity contribution in [1.82, 2.24) is 4.90 Å². The fourth-order valence-electron chi connectivity index (χ4n) is 1.43. The Hall–Kier alpha value is -1.36. The molecule has 5 nitrogen and oxygen atoms in total. The van der Waals surface area contributed by atoms with E-state index in [4.69, 9.17) is 5.73 Å². The lowest BCUT2D eigenvalue weighted by atomic mass is 10.0. The third-order valence-electron chi connectivity index (χ3n) is 2.33. The highest BCUT2D eigenvalue weighted by molar-refractivity contribution is 5.90. The highest BCUT2D eigenvalue weighted by Gasteiger charge is 2.42. The van der Waals surface area contributed by atoms with Crippen molar-refractivity contribution in [1.29, 1.82) is 0 Å². The van der Waals surface area contributed by atoms with Gasteiger partial charge in [-0.05, 0) is 13.0 Å². The van der Waals surface area contributed by atoms with E-state index >= 15 is 0 Å². The van der Waals surface area contributed by atoms with Crippen molar-refractivity contribution in [2.45, 2.75) is 18.9 Å². The minimum Gasteiger partial charge on any atom is -0.378 e. The average molecular weight is 198 g/mol. The van der Waals surface area contributed by atoms with Gasteiger partial charge in [-0.15, -0.1) is 0 Å². The zero-order chi connectivity index (χ0) is 10.8. The van der Waals surface area contributed by atoms with Gasteiger partial charge in [0.25, 0.3) is 5.91 Å². The Morgan fingerprint density at radius 2 is 2.21 bits per heavy atom. The van der Waals surface area contributed by atoms with Gasteiger partial charge >= 0.3 is 0 Å². The van der Waals surface area contributed by atoms with E-state index in [1.807, 2.05) is 0 Å². The summed E-state index contributed by atoms with van der Waals surface area (Å²) in [6.07, 6.45) is 3.22. The monoisotopic (exact) mass is 198 g/mol. The topological polar surface area (TPSA) is 83.6 Å². The molecule has 0 aromatic carbocycles. The molecule has 5 heteroatoms. The number of hydrogen-bond acceptors (Lipinski definition) is 3. The first-order valence-corrected chi connectivity index (χ1v) is 4.43. The van der Waals surface area contributed by atoms with Crippen LogP contribution in [0.15, 0.2) is 12.2 Å². The van der Waals surface area contributed by atoms with Crippen LogP contribution in [-0.2, 0) is 9.59 Å². The predicted octanol–water partition coefficient (Wildman–Crippen LogP) is -0.989. The molecule has 0 radical (unpaired) electrons. The molecule has 2 amide bonds. The third-order valence-corrected chi connectivity index (χ3v) is 2.33. The molecule has 1 heterocycles. The summed E-state index contributed by atoms with van der Waals surface area (Å²) >= 11 is 0. The number of allylic oxidation sites excluding steroid dienone is 1. The van der Waals surface area contributed by atoms with Crippen molar-refractivity contribution >= 4 is 11.8 Å². The third kappa shape index (κ3) is 1.93. The van der Waals surface area contributed by atoms with Gasteiger partial charge in [0.1, 0.15) is 0 Å². The molecule has 1 aliphatic rings. The van der Waals surface area contributed by atoms with Crippen LogP contribution in [0.2, 0.25) is 0 Å². The molecular formula is C9H14N2O3. The number of carbonyl (C=O) groups excluding carboxylic acids is 2. The van der Waals surface area contributed by atoms with E-state index in [2.05, 4.69) is 0 Å². The minimum absolute atomic E-state index is 0.00843. The maximum atomic E-state index is 11.3. The summed E-state index contributed by atoms with van der Waals surface area (Å²) in [4.78, 5) is 23.6. The lowest BCUT2D eigenvalue weighted by Gasteiger charge is -2.18. The van der Waals surface area contributed by atoms with Crippen LogP contribution in [0.4, 0.5) is 0 Å². The maximum absolute atomic E-state index is 11.3. The van der Waals surface area contributed by atoms with Crippen LogP contribution >= 0.6 is 0 Å². The first-order chi connectivity index (χ1) is 6.49. The molecule has 0 spiro atoms. The standard InChI is InChI=1S/C9H14N2O3/c1-2-3-7(12)11-5-4-9(14,6-11)8(10)13/h2-3,14H,4-6H2,1H3,(H2,10,13)/b3-2+. The second-order valence-corrected chi connectivity index (χ2v) is 3.41. The zero-order valence-corrected chi connectivity index (χ0v) is 8.06. The molecular weight excluding hydrogens is 184 g/mol. The van der Waals surface area contributed by atoms with Crippen molar-refractivity contribution in [3.05, 3.63) is 12.2 Å². The van der Waals surface area contributed by atoms with Gasteiger partial charge in [-0.1, -0.05) is 6.08 Å². The van der Waals surface area contributed by atoms with Crippen LogP contribution < -0.4 is 5.73 Å². The normalized spacial score (nSPS) is 27.1. The van der Waals surface area contributed by atoms with Gasteiger partial charge in [-0.3, -0.25) is 9.59 Å². The van der Waals surface area contributed by atoms with Gasteiger partial charge in [-0.25, -0.2) is 0 Å². The molecule has 1 saturated heterocycles. The summed E-state index contributed by atoms with van der Waals surface area (Å²) < 4.78 is 0. The van der Waals surface area contributed by atoms with Crippen LogP contribution in [0.3, 0.4) is 0 Å². The molecule has 3 N–H and O–H groups in total. The Morgan fingerprint density at radius 3 is 2.64 bits per heavy atom. The van der Waals surface area contributed by atoms with Gasteiger partial charge in [0.05, 0.1) is 6.54 Å². The van der Waals surface area contributed by atoms with Crippen LogP contribution in [0, 0.1) is 0 Å². The summed E-state index contributed by atoms with van der Waals surface area (Å²) in [5.74, 6) is -0.974. The van der Waals surface area contributed by atoms with Crippen LogP contribution in [0.5, 0.6) is 0 Å². The van der Waals surface area contributed by atoms with Crippen molar-refractivity contribution in [3.63, 3.8) is 0 Å².